The van der Waals surface area contributed by atoms with E-state index in [9.17, 15) is 0 Å². The molecule has 1 saturated heterocycles. The van der Waals surface area contributed by atoms with Gasteiger partial charge in [0.1, 0.15) is 0 Å². The molecule has 0 saturated carbocycles. The number of hydrogen-bond acceptors (Lipinski definition) is 3. The highest BCUT2D eigenvalue weighted by Crippen LogP contribution is 2.09. The van der Waals surface area contributed by atoms with Gasteiger partial charge in [-0.15, -0.1) is 0 Å². The lowest BCUT2D eigenvalue weighted by Gasteiger charge is -2.25. The van der Waals surface area contributed by atoms with Crippen molar-refractivity contribution in [3.05, 3.63) is 0 Å². The molecule has 1 fully saturated rings. The molecule has 1 rings (SSSR count). The van der Waals surface area contributed by atoms with E-state index in [1.165, 1.54) is 45.3 Å². The zero-order valence-electron chi connectivity index (χ0n) is 11.9. The Bertz CT molecular complexity index is 179. The minimum atomic E-state index is 0.714. The number of methoxy groups -OCH3 is 1. The molecule has 1 aliphatic rings. The molecule has 0 amide bonds. The number of nitrogens with one attached hydrogen (secondary N) is 1. The fourth-order valence-corrected chi connectivity index (χ4v) is 2.46. The van der Waals surface area contributed by atoms with E-state index >= 15 is 0 Å². The second kappa shape index (κ2) is 8.90. The molecule has 1 aliphatic heterocycles. The summed E-state index contributed by atoms with van der Waals surface area (Å²) < 4.78 is 5.20. The molecule has 0 spiro atoms. The van der Waals surface area contributed by atoms with Crippen molar-refractivity contribution in [2.24, 2.45) is 5.92 Å². The van der Waals surface area contributed by atoms with Crippen molar-refractivity contribution in [3.63, 3.8) is 0 Å². The van der Waals surface area contributed by atoms with Gasteiger partial charge in [-0.1, -0.05) is 13.8 Å². The average Bonchev–Trinajstić information content (AvgIpc) is 2.78. The Morgan fingerprint density at radius 2 is 2.18 bits per heavy atom. The molecule has 3 heteroatoms. The van der Waals surface area contributed by atoms with Crippen molar-refractivity contribution in [2.75, 3.05) is 39.9 Å². The van der Waals surface area contributed by atoms with Gasteiger partial charge in [-0.25, -0.2) is 0 Å². The molecule has 3 nitrogen and oxygen atoms in total. The molecule has 1 atom stereocenters. The second-order valence-electron chi connectivity index (χ2n) is 5.62. The molecule has 0 aromatic carbocycles. The van der Waals surface area contributed by atoms with Gasteiger partial charge in [0, 0.05) is 26.2 Å². The van der Waals surface area contributed by atoms with Crippen LogP contribution in [0.25, 0.3) is 0 Å². The van der Waals surface area contributed by atoms with E-state index in [0.29, 0.717) is 6.04 Å². The quantitative estimate of drug-likeness (QED) is 0.670. The van der Waals surface area contributed by atoms with Crippen molar-refractivity contribution in [3.8, 4) is 0 Å². The van der Waals surface area contributed by atoms with Crippen LogP contribution in [0.4, 0.5) is 0 Å². The monoisotopic (exact) mass is 242 g/mol. The Labute approximate surface area is 107 Å². The molecule has 0 aliphatic carbocycles. The minimum Gasteiger partial charge on any atom is -0.383 e. The molecule has 0 aromatic heterocycles. The summed E-state index contributed by atoms with van der Waals surface area (Å²) in [5, 5.41) is 3.58. The molecule has 1 N–H and O–H groups in total. The lowest BCUT2D eigenvalue weighted by atomic mass is 10.1. The largest absolute Gasteiger partial charge is 0.383 e. The zero-order chi connectivity index (χ0) is 12.5. The summed E-state index contributed by atoms with van der Waals surface area (Å²) in [5.74, 6) is 0.823. The third-order valence-electron chi connectivity index (χ3n) is 3.51. The summed E-state index contributed by atoms with van der Waals surface area (Å²) in [4.78, 5) is 2.56. The van der Waals surface area contributed by atoms with E-state index in [1.807, 2.05) is 0 Å². The van der Waals surface area contributed by atoms with Crippen molar-refractivity contribution in [2.45, 2.75) is 45.6 Å². The maximum absolute atomic E-state index is 5.20. The highest BCUT2D eigenvalue weighted by Gasteiger charge is 2.17. The summed E-state index contributed by atoms with van der Waals surface area (Å²) in [7, 11) is 1.79. The molecule has 0 radical (unpaired) electrons. The van der Waals surface area contributed by atoms with Gasteiger partial charge in [0.2, 0.25) is 0 Å². The number of nitrogens with zero attached hydrogens (tertiary/aromatic N) is 1. The smallest absolute Gasteiger partial charge is 0.0589 e. The molecule has 0 aromatic rings. The predicted octanol–water partition coefficient (Wildman–Crippen LogP) is 2.12. The number of hydrogen-bond donors (Lipinski definition) is 1. The van der Waals surface area contributed by atoms with Crippen molar-refractivity contribution in [1.29, 1.82) is 0 Å². The second-order valence-corrected chi connectivity index (χ2v) is 5.62. The average molecular weight is 242 g/mol. The first-order valence-electron chi connectivity index (χ1n) is 7.17. The van der Waals surface area contributed by atoms with Gasteiger partial charge in [-0.05, 0) is 44.7 Å². The topological polar surface area (TPSA) is 24.5 Å². The van der Waals surface area contributed by atoms with Crippen LogP contribution in [0.1, 0.15) is 39.5 Å². The first-order chi connectivity index (χ1) is 8.22. The van der Waals surface area contributed by atoms with Crippen LogP contribution < -0.4 is 5.32 Å². The number of ether oxygens (including phenoxy) is 1. The van der Waals surface area contributed by atoms with E-state index in [0.717, 1.165) is 19.1 Å². The zero-order valence-corrected chi connectivity index (χ0v) is 11.9. The fourth-order valence-electron chi connectivity index (χ4n) is 2.46. The Hall–Kier alpha value is -0.120. The van der Waals surface area contributed by atoms with Gasteiger partial charge in [0.05, 0.1) is 6.61 Å². The normalized spacial score (nSPS) is 20.6. The Balaban J connectivity index is 2.20. The first kappa shape index (κ1) is 14.9. The summed E-state index contributed by atoms with van der Waals surface area (Å²) in [6, 6.07) is 0.714. The molecule has 1 unspecified atom stereocenters. The molecule has 0 bridgehead atoms. The van der Waals surface area contributed by atoms with Crippen molar-refractivity contribution in [1.82, 2.24) is 10.2 Å². The molecule has 17 heavy (non-hydrogen) atoms. The lowest BCUT2D eigenvalue weighted by Crippen LogP contribution is -2.39. The Kier molecular flexibility index (Phi) is 7.82. The SMILES string of the molecule is COCCN(CCCC(C)C)CC1CCCN1. The maximum atomic E-state index is 5.20. The van der Waals surface area contributed by atoms with Crippen molar-refractivity contribution >= 4 is 0 Å². The predicted molar refractivity (Wildman–Crippen MR) is 73.4 cm³/mol. The minimum absolute atomic E-state index is 0.714. The third kappa shape index (κ3) is 7.02. The Morgan fingerprint density at radius 3 is 2.76 bits per heavy atom. The first-order valence-corrected chi connectivity index (χ1v) is 7.17. The van der Waals surface area contributed by atoms with Gasteiger partial charge >= 0.3 is 0 Å². The van der Waals surface area contributed by atoms with Crippen LogP contribution in [-0.2, 0) is 4.74 Å². The molecule has 102 valence electrons. The van der Waals surface area contributed by atoms with Gasteiger partial charge in [0.25, 0.3) is 0 Å². The lowest BCUT2D eigenvalue weighted by molar-refractivity contribution is 0.140. The summed E-state index contributed by atoms with van der Waals surface area (Å²) in [6.45, 7) is 10.2. The van der Waals surface area contributed by atoms with Crippen LogP contribution in [0.15, 0.2) is 0 Å². The van der Waals surface area contributed by atoms with Crippen LogP contribution in [0, 0.1) is 5.92 Å². The van der Waals surface area contributed by atoms with Crippen LogP contribution in [0.3, 0.4) is 0 Å². The highest BCUT2D eigenvalue weighted by molar-refractivity contribution is 4.78. The summed E-state index contributed by atoms with van der Waals surface area (Å²) in [6.07, 6.45) is 5.33. The highest BCUT2D eigenvalue weighted by atomic mass is 16.5. The van der Waals surface area contributed by atoms with Gasteiger partial charge in [-0.3, -0.25) is 4.90 Å². The summed E-state index contributed by atoms with van der Waals surface area (Å²) in [5.41, 5.74) is 0. The van der Waals surface area contributed by atoms with Crippen LogP contribution in [-0.4, -0.2) is 50.8 Å². The van der Waals surface area contributed by atoms with Crippen LogP contribution in [0.5, 0.6) is 0 Å². The third-order valence-corrected chi connectivity index (χ3v) is 3.51. The van der Waals surface area contributed by atoms with Gasteiger partial charge in [-0.2, -0.15) is 0 Å². The van der Waals surface area contributed by atoms with Crippen LogP contribution in [0.2, 0.25) is 0 Å². The molecular formula is C14H30N2O. The van der Waals surface area contributed by atoms with E-state index < -0.39 is 0 Å². The van der Waals surface area contributed by atoms with Gasteiger partial charge < -0.3 is 10.1 Å². The van der Waals surface area contributed by atoms with E-state index in [2.05, 4.69) is 24.1 Å². The van der Waals surface area contributed by atoms with Gasteiger partial charge in [0.15, 0.2) is 0 Å². The fraction of sp³-hybridized carbons (Fsp3) is 1.00. The molecule has 1 heterocycles. The summed E-state index contributed by atoms with van der Waals surface area (Å²) >= 11 is 0. The standard InChI is InChI=1S/C14H30N2O/c1-13(2)6-5-9-16(10-11-17-3)12-14-7-4-8-15-14/h13-15H,4-12H2,1-3H3. The van der Waals surface area contributed by atoms with Crippen molar-refractivity contribution < 1.29 is 4.74 Å². The van der Waals surface area contributed by atoms with Crippen LogP contribution >= 0.6 is 0 Å². The number of rotatable bonds is 9. The Morgan fingerprint density at radius 1 is 1.35 bits per heavy atom. The van der Waals surface area contributed by atoms with E-state index in [4.69, 9.17) is 4.74 Å². The van der Waals surface area contributed by atoms with E-state index in [1.54, 1.807) is 7.11 Å². The maximum Gasteiger partial charge on any atom is 0.0589 e. The molecular weight excluding hydrogens is 212 g/mol. The van der Waals surface area contributed by atoms with E-state index in [-0.39, 0.29) is 0 Å².